The molecule has 0 atom stereocenters. The summed E-state index contributed by atoms with van der Waals surface area (Å²) < 4.78 is 24.1. The van der Waals surface area contributed by atoms with Gasteiger partial charge in [-0.3, -0.25) is 5.32 Å². The first-order valence-electron chi connectivity index (χ1n) is 11.1. The van der Waals surface area contributed by atoms with Crippen LogP contribution in [0.25, 0.3) is 6.08 Å². The Morgan fingerprint density at radius 1 is 1.18 bits per heavy atom. The zero-order valence-electron chi connectivity index (χ0n) is 18.9. The number of halogens is 1. The smallest absolute Gasteiger partial charge is 0.324 e. The van der Waals surface area contributed by atoms with Gasteiger partial charge in [0.25, 0.3) is 0 Å². The number of aryl methyl sites for hydroxylation is 1. The molecule has 1 fully saturated rings. The number of carbonyl (C=O) groups excluding carboxylic acids is 1. The summed E-state index contributed by atoms with van der Waals surface area (Å²) in [5.41, 5.74) is 5.04. The summed E-state index contributed by atoms with van der Waals surface area (Å²) in [6.45, 7) is 5.55. The summed E-state index contributed by atoms with van der Waals surface area (Å²) in [6, 6.07) is 14.3. The number of rotatable bonds is 6. The predicted octanol–water partition coefficient (Wildman–Crippen LogP) is 5.76. The van der Waals surface area contributed by atoms with Gasteiger partial charge in [0.1, 0.15) is 11.6 Å². The van der Waals surface area contributed by atoms with E-state index in [9.17, 15) is 9.18 Å². The van der Waals surface area contributed by atoms with Gasteiger partial charge in [0.2, 0.25) is 5.88 Å². The minimum absolute atomic E-state index is 0.162. The minimum atomic E-state index is -0.230. The Kier molecular flexibility index (Phi) is 7.07. The molecule has 4 rings (SSSR count). The van der Waals surface area contributed by atoms with E-state index in [0.29, 0.717) is 25.6 Å². The van der Waals surface area contributed by atoms with Crippen molar-refractivity contribution in [2.24, 2.45) is 0 Å². The molecule has 0 saturated carbocycles. The topological polar surface area (TPSA) is 67.6 Å². The van der Waals surface area contributed by atoms with Crippen molar-refractivity contribution in [1.82, 2.24) is 10.1 Å². The van der Waals surface area contributed by atoms with Crippen molar-refractivity contribution in [2.45, 2.75) is 33.1 Å². The molecule has 3 aromatic rings. The number of anilines is 1. The molecule has 2 amide bonds. The van der Waals surface area contributed by atoms with Gasteiger partial charge in [0.15, 0.2) is 0 Å². The highest BCUT2D eigenvalue weighted by molar-refractivity contribution is 5.88. The second-order valence-corrected chi connectivity index (χ2v) is 8.24. The third-order valence-corrected chi connectivity index (χ3v) is 5.87. The molecule has 1 N–H and O–H groups in total. The molecule has 6 nitrogen and oxygen atoms in total. The Morgan fingerprint density at radius 3 is 2.64 bits per heavy atom. The third kappa shape index (κ3) is 6.00. The van der Waals surface area contributed by atoms with Crippen LogP contribution in [0.1, 0.15) is 35.2 Å². The number of amides is 2. The summed E-state index contributed by atoms with van der Waals surface area (Å²) >= 11 is 0. The van der Waals surface area contributed by atoms with Crippen LogP contribution in [0.3, 0.4) is 0 Å². The monoisotopic (exact) mass is 449 g/mol. The van der Waals surface area contributed by atoms with Crippen LogP contribution in [0.15, 0.2) is 58.6 Å². The molecule has 0 bridgehead atoms. The molecule has 2 aromatic carbocycles. The van der Waals surface area contributed by atoms with Crippen molar-refractivity contribution in [1.29, 1.82) is 0 Å². The average molecular weight is 450 g/mol. The van der Waals surface area contributed by atoms with Crippen molar-refractivity contribution in [3.63, 3.8) is 0 Å². The quantitative estimate of drug-likeness (QED) is 0.519. The highest BCUT2D eigenvalue weighted by atomic mass is 19.1. The van der Waals surface area contributed by atoms with Crippen LogP contribution in [0, 0.1) is 19.7 Å². The van der Waals surface area contributed by atoms with Crippen molar-refractivity contribution in [2.75, 3.05) is 25.0 Å². The van der Waals surface area contributed by atoms with Gasteiger partial charge in [-0.1, -0.05) is 41.1 Å². The number of carbonyl (C=O) groups is 1. The predicted molar refractivity (Wildman–Crippen MR) is 126 cm³/mol. The molecule has 2 heterocycles. The Bertz CT molecular complexity index is 1130. The number of hydrogen-bond donors (Lipinski definition) is 1. The summed E-state index contributed by atoms with van der Waals surface area (Å²) in [5.74, 6) is 0.989. The van der Waals surface area contributed by atoms with E-state index in [0.717, 1.165) is 47.4 Å². The highest BCUT2D eigenvalue weighted by Crippen LogP contribution is 2.23. The molecule has 0 spiro atoms. The van der Waals surface area contributed by atoms with E-state index in [1.807, 2.05) is 38.1 Å². The second kappa shape index (κ2) is 10.3. The number of likely N-dealkylation sites (tertiary alicyclic amines) is 1. The summed E-state index contributed by atoms with van der Waals surface area (Å²) in [7, 11) is 0. The normalized spacial score (nSPS) is 13.7. The number of ether oxygens (including phenoxy) is 1. The summed E-state index contributed by atoms with van der Waals surface area (Å²) in [6.07, 6.45) is 4.53. The number of nitrogens with zero attached hydrogens (tertiary/aromatic N) is 2. The maximum Gasteiger partial charge on any atom is 0.324 e. The number of benzene rings is 2. The fourth-order valence-electron chi connectivity index (χ4n) is 3.72. The van der Waals surface area contributed by atoms with Gasteiger partial charge in [-0.25, -0.2) is 9.18 Å². The lowest BCUT2D eigenvalue weighted by molar-refractivity contribution is 0.207. The zero-order valence-corrected chi connectivity index (χ0v) is 18.9. The number of piperidine rings is 1. The van der Waals surface area contributed by atoms with Crippen molar-refractivity contribution in [3.05, 3.63) is 82.3 Å². The Hall–Kier alpha value is -3.61. The van der Waals surface area contributed by atoms with E-state index in [4.69, 9.17) is 9.26 Å². The molecule has 1 aliphatic heterocycles. The van der Waals surface area contributed by atoms with Crippen LogP contribution in [0.2, 0.25) is 0 Å². The molecule has 1 saturated heterocycles. The molecule has 0 unspecified atom stereocenters. The first-order valence-corrected chi connectivity index (χ1v) is 11.1. The van der Waals surface area contributed by atoms with Crippen LogP contribution < -0.4 is 10.1 Å². The van der Waals surface area contributed by atoms with E-state index < -0.39 is 0 Å². The first kappa shape index (κ1) is 22.6. The number of hydrogen-bond acceptors (Lipinski definition) is 4. The highest BCUT2D eigenvalue weighted by Gasteiger charge is 2.21. The Morgan fingerprint density at radius 2 is 1.94 bits per heavy atom. The Labute approximate surface area is 193 Å². The van der Waals surface area contributed by atoms with Crippen LogP contribution in [-0.2, 0) is 6.42 Å². The first-order chi connectivity index (χ1) is 16.0. The van der Waals surface area contributed by atoms with Gasteiger partial charge in [0, 0.05) is 25.1 Å². The molecular weight excluding hydrogens is 421 g/mol. The lowest BCUT2D eigenvalue weighted by Crippen LogP contribution is -2.39. The van der Waals surface area contributed by atoms with E-state index in [-0.39, 0.29) is 11.8 Å². The Balaban J connectivity index is 1.27. The maximum atomic E-state index is 13.0. The lowest BCUT2D eigenvalue weighted by atomic mass is 10.0. The zero-order chi connectivity index (χ0) is 23.2. The SMILES string of the molecule is Cc1noc(NC(=O)N2CCC(=Cc3cccc(OCCc4ccc(F)cc4)c3)CC2)c1C. The van der Waals surface area contributed by atoms with Crippen molar-refractivity contribution < 1.29 is 18.4 Å². The molecule has 7 heteroatoms. The summed E-state index contributed by atoms with van der Waals surface area (Å²) in [5, 5.41) is 6.69. The second-order valence-electron chi connectivity index (χ2n) is 8.24. The van der Waals surface area contributed by atoms with Crippen LogP contribution in [0.4, 0.5) is 15.1 Å². The maximum absolute atomic E-state index is 13.0. The van der Waals surface area contributed by atoms with Gasteiger partial charge in [-0.05, 0) is 62.1 Å². The lowest BCUT2D eigenvalue weighted by Gasteiger charge is -2.28. The van der Waals surface area contributed by atoms with Crippen LogP contribution in [-0.4, -0.2) is 35.8 Å². The fraction of sp³-hybridized carbons (Fsp3) is 0.308. The van der Waals surface area contributed by atoms with E-state index in [1.54, 1.807) is 17.0 Å². The molecule has 0 aliphatic carbocycles. The van der Waals surface area contributed by atoms with Crippen molar-refractivity contribution in [3.8, 4) is 5.75 Å². The summed E-state index contributed by atoms with van der Waals surface area (Å²) in [4.78, 5) is 14.3. The molecule has 1 aromatic heterocycles. The fourth-order valence-corrected chi connectivity index (χ4v) is 3.72. The van der Waals surface area contributed by atoms with Crippen molar-refractivity contribution >= 4 is 18.0 Å². The molecule has 0 radical (unpaired) electrons. The van der Waals surface area contributed by atoms with Gasteiger partial charge in [-0.15, -0.1) is 0 Å². The third-order valence-electron chi connectivity index (χ3n) is 5.87. The largest absolute Gasteiger partial charge is 0.493 e. The van der Waals surface area contributed by atoms with Gasteiger partial charge >= 0.3 is 6.03 Å². The van der Waals surface area contributed by atoms with E-state index >= 15 is 0 Å². The molecular formula is C26H28FN3O3. The van der Waals surface area contributed by atoms with E-state index in [2.05, 4.69) is 16.5 Å². The average Bonchev–Trinajstić information content (AvgIpc) is 3.13. The standard InChI is InChI=1S/C26H28FN3O3/c1-18-19(2)29-33-25(18)28-26(31)30-13-10-21(11-14-30)16-22-4-3-5-24(17-22)32-15-12-20-6-8-23(27)9-7-20/h3-9,16-17H,10-15H2,1-2H3,(H,28,31). The molecule has 1 aliphatic rings. The van der Waals surface area contributed by atoms with Gasteiger partial charge < -0.3 is 14.2 Å². The number of nitrogens with one attached hydrogen (secondary N) is 1. The molecule has 33 heavy (non-hydrogen) atoms. The number of urea groups is 1. The number of aromatic nitrogens is 1. The minimum Gasteiger partial charge on any atom is -0.493 e. The van der Waals surface area contributed by atoms with Crippen LogP contribution in [0.5, 0.6) is 5.75 Å². The van der Waals surface area contributed by atoms with Crippen LogP contribution >= 0.6 is 0 Å². The molecule has 172 valence electrons. The van der Waals surface area contributed by atoms with Gasteiger partial charge in [-0.2, -0.15) is 0 Å². The van der Waals surface area contributed by atoms with Gasteiger partial charge in [0.05, 0.1) is 12.3 Å². The van der Waals surface area contributed by atoms with E-state index in [1.165, 1.54) is 17.7 Å².